The number of hydrogen-bond donors (Lipinski definition) is 1. The van der Waals surface area contributed by atoms with Crippen molar-refractivity contribution in [1.82, 2.24) is 9.97 Å². The van der Waals surface area contributed by atoms with Gasteiger partial charge in [-0.15, -0.1) is 0 Å². The lowest BCUT2D eigenvalue weighted by molar-refractivity contribution is 0.622. The van der Waals surface area contributed by atoms with E-state index in [9.17, 15) is 4.39 Å². The van der Waals surface area contributed by atoms with Crippen LogP contribution in [0.1, 0.15) is 22.7 Å². The van der Waals surface area contributed by atoms with Gasteiger partial charge >= 0.3 is 0 Å². The molecule has 3 nitrogen and oxygen atoms in total. The Hall–Kier alpha value is -2.33. The van der Waals surface area contributed by atoms with Crippen molar-refractivity contribution < 1.29 is 4.39 Å². The maximum Gasteiger partial charge on any atom is 0.123 e. The van der Waals surface area contributed by atoms with Crippen LogP contribution in [-0.4, -0.2) is 9.97 Å². The van der Waals surface area contributed by atoms with Crippen molar-refractivity contribution in [3.63, 3.8) is 0 Å². The predicted octanol–water partition coefficient (Wildman–Crippen LogP) is 3.13. The zero-order chi connectivity index (χ0) is 14.1. The molecule has 2 N–H and O–H groups in total. The number of aryl methyl sites for hydroxylation is 1. The molecule has 2 aromatic carbocycles. The summed E-state index contributed by atoms with van der Waals surface area (Å²) in [6.45, 7) is 1.85. The summed E-state index contributed by atoms with van der Waals surface area (Å²) in [5.41, 5.74) is 10.3. The molecule has 3 rings (SSSR count). The summed E-state index contributed by atoms with van der Waals surface area (Å²) < 4.78 is 13.5. The maximum absolute atomic E-state index is 13.5. The Morgan fingerprint density at radius 2 is 1.70 bits per heavy atom. The zero-order valence-electron chi connectivity index (χ0n) is 11.0. The topological polar surface area (TPSA) is 51.8 Å². The molecule has 0 amide bonds. The fraction of sp³-hybridized carbons (Fsp3) is 0.125. The Morgan fingerprint density at radius 3 is 2.45 bits per heavy atom. The van der Waals surface area contributed by atoms with Gasteiger partial charge in [0, 0.05) is 12.4 Å². The van der Waals surface area contributed by atoms with E-state index in [2.05, 4.69) is 9.97 Å². The van der Waals surface area contributed by atoms with Crippen LogP contribution in [0.2, 0.25) is 0 Å². The fourth-order valence-electron chi connectivity index (χ4n) is 2.31. The molecule has 1 aromatic heterocycles. The molecule has 0 spiro atoms. The number of hydrogen-bond acceptors (Lipinski definition) is 3. The van der Waals surface area contributed by atoms with Crippen molar-refractivity contribution in [3.8, 4) is 0 Å². The van der Waals surface area contributed by atoms with Crippen LogP contribution < -0.4 is 5.73 Å². The van der Waals surface area contributed by atoms with Gasteiger partial charge in [0.1, 0.15) is 5.82 Å². The molecule has 0 saturated heterocycles. The van der Waals surface area contributed by atoms with Crippen LogP contribution in [0.3, 0.4) is 0 Å². The zero-order valence-corrected chi connectivity index (χ0v) is 11.0. The number of nitrogens with zero attached hydrogens (tertiary/aromatic N) is 2. The van der Waals surface area contributed by atoms with Gasteiger partial charge < -0.3 is 5.73 Å². The SMILES string of the molecule is Cc1cc(F)cc(C(N)c2ccc3nccnc3c2)c1. The van der Waals surface area contributed by atoms with Gasteiger partial charge in [-0.2, -0.15) is 0 Å². The van der Waals surface area contributed by atoms with Gasteiger partial charge in [0.2, 0.25) is 0 Å². The van der Waals surface area contributed by atoms with Gasteiger partial charge in [0.05, 0.1) is 17.1 Å². The average Bonchev–Trinajstić information content (AvgIpc) is 2.45. The first-order valence-corrected chi connectivity index (χ1v) is 6.37. The fourth-order valence-corrected chi connectivity index (χ4v) is 2.31. The highest BCUT2D eigenvalue weighted by Gasteiger charge is 2.11. The largest absolute Gasteiger partial charge is 0.320 e. The molecule has 20 heavy (non-hydrogen) atoms. The highest BCUT2D eigenvalue weighted by molar-refractivity contribution is 5.74. The first-order chi connectivity index (χ1) is 9.63. The van der Waals surface area contributed by atoms with Gasteiger partial charge in [0.25, 0.3) is 0 Å². The molecule has 0 fully saturated rings. The minimum absolute atomic E-state index is 0.268. The molecule has 1 heterocycles. The second-order valence-electron chi connectivity index (χ2n) is 4.84. The van der Waals surface area contributed by atoms with E-state index >= 15 is 0 Å². The Morgan fingerprint density at radius 1 is 0.950 bits per heavy atom. The minimum Gasteiger partial charge on any atom is -0.320 e. The smallest absolute Gasteiger partial charge is 0.123 e. The van der Waals surface area contributed by atoms with Crippen LogP contribution in [0, 0.1) is 12.7 Å². The van der Waals surface area contributed by atoms with E-state index in [-0.39, 0.29) is 11.9 Å². The second-order valence-corrected chi connectivity index (χ2v) is 4.84. The van der Waals surface area contributed by atoms with Crippen molar-refractivity contribution in [2.75, 3.05) is 0 Å². The molecule has 100 valence electrons. The van der Waals surface area contributed by atoms with Gasteiger partial charge in [-0.25, -0.2) is 4.39 Å². The van der Waals surface area contributed by atoms with Gasteiger partial charge in [-0.3, -0.25) is 9.97 Å². The van der Waals surface area contributed by atoms with Crippen LogP contribution >= 0.6 is 0 Å². The lowest BCUT2D eigenvalue weighted by Crippen LogP contribution is -2.12. The van der Waals surface area contributed by atoms with Crippen LogP contribution in [0.25, 0.3) is 11.0 Å². The molecule has 0 aliphatic rings. The Kier molecular flexibility index (Phi) is 3.16. The minimum atomic E-state index is -0.379. The van der Waals surface area contributed by atoms with E-state index in [0.717, 1.165) is 27.7 Å². The van der Waals surface area contributed by atoms with Gasteiger partial charge in [-0.05, 0) is 47.9 Å². The van der Waals surface area contributed by atoms with Crippen molar-refractivity contribution in [2.24, 2.45) is 5.73 Å². The van der Waals surface area contributed by atoms with E-state index in [1.807, 2.05) is 31.2 Å². The molecule has 0 bridgehead atoms. The molecule has 0 aliphatic carbocycles. The number of benzene rings is 2. The summed E-state index contributed by atoms with van der Waals surface area (Å²) in [5.74, 6) is -0.268. The molecule has 4 heteroatoms. The Bertz CT molecular complexity index is 750. The molecule has 1 unspecified atom stereocenters. The third-order valence-electron chi connectivity index (χ3n) is 3.28. The predicted molar refractivity (Wildman–Crippen MR) is 76.7 cm³/mol. The molecule has 0 radical (unpaired) electrons. The lowest BCUT2D eigenvalue weighted by Gasteiger charge is -2.14. The molecule has 0 saturated carbocycles. The monoisotopic (exact) mass is 267 g/mol. The molecular formula is C16H14FN3. The second kappa shape index (κ2) is 4.98. The first kappa shape index (κ1) is 12.7. The van der Waals surface area contributed by atoms with E-state index in [1.165, 1.54) is 12.1 Å². The number of rotatable bonds is 2. The van der Waals surface area contributed by atoms with Gasteiger partial charge in [-0.1, -0.05) is 12.1 Å². The summed E-state index contributed by atoms with van der Waals surface area (Å²) in [5, 5.41) is 0. The van der Waals surface area contributed by atoms with Gasteiger partial charge in [0.15, 0.2) is 0 Å². The molecule has 0 aliphatic heterocycles. The summed E-state index contributed by atoms with van der Waals surface area (Å²) in [7, 11) is 0. The molecular weight excluding hydrogens is 253 g/mol. The van der Waals surface area contributed by atoms with Crippen LogP contribution in [0.5, 0.6) is 0 Å². The Labute approximate surface area is 116 Å². The van der Waals surface area contributed by atoms with E-state index in [1.54, 1.807) is 12.4 Å². The number of fused-ring (bicyclic) bond motifs is 1. The third kappa shape index (κ3) is 2.38. The van der Waals surface area contributed by atoms with Crippen molar-refractivity contribution in [1.29, 1.82) is 0 Å². The first-order valence-electron chi connectivity index (χ1n) is 6.37. The molecule has 1 atom stereocenters. The number of halogens is 1. The maximum atomic E-state index is 13.5. The van der Waals surface area contributed by atoms with E-state index < -0.39 is 0 Å². The summed E-state index contributed by atoms with van der Waals surface area (Å²) in [6.07, 6.45) is 3.29. The quantitative estimate of drug-likeness (QED) is 0.776. The number of nitrogens with two attached hydrogens (primary N) is 1. The lowest BCUT2D eigenvalue weighted by atomic mass is 9.97. The summed E-state index contributed by atoms with van der Waals surface area (Å²) >= 11 is 0. The average molecular weight is 267 g/mol. The number of aromatic nitrogens is 2. The van der Waals surface area contributed by atoms with E-state index in [0.29, 0.717) is 0 Å². The third-order valence-corrected chi connectivity index (χ3v) is 3.28. The van der Waals surface area contributed by atoms with Crippen molar-refractivity contribution in [3.05, 3.63) is 71.3 Å². The van der Waals surface area contributed by atoms with Crippen LogP contribution in [-0.2, 0) is 0 Å². The van der Waals surface area contributed by atoms with Crippen molar-refractivity contribution in [2.45, 2.75) is 13.0 Å². The highest BCUT2D eigenvalue weighted by Crippen LogP contribution is 2.23. The Balaban J connectivity index is 2.05. The normalized spacial score (nSPS) is 12.6. The summed E-state index contributed by atoms with van der Waals surface area (Å²) in [4.78, 5) is 8.48. The highest BCUT2D eigenvalue weighted by atomic mass is 19.1. The van der Waals surface area contributed by atoms with E-state index in [4.69, 9.17) is 5.73 Å². The molecule has 3 aromatic rings. The summed E-state index contributed by atoms with van der Waals surface area (Å²) in [6, 6.07) is 10.2. The van der Waals surface area contributed by atoms with Crippen LogP contribution in [0.15, 0.2) is 48.8 Å². The standard InChI is InChI=1S/C16H14FN3/c1-10-6-12(8-13(17)7-10)16(18)11-2-3-14-15(9-11)20-5-4-19-14/h2-9,16H,18H2,1H3. The van der Waals surface area contributed by atoms with Crippen LogP contribution in [0.4, 0.5) is 4.39 Å². The van der Waals surface area contributed by atoms with Crippen molar-refractivity contribution >= 4 is 11.0 Å².